The minimum Gasteiger partial charge on any atom is -0.374 e. The molecule has 6 nitrogen and oxygen atoms in total. The number of hydrogen-bond acceptors (Lipinski definition) is 6. The molecule has 0 atom stereocenters. The highest BCUT2D eigenvalue weighted by molar-refractivity contribution is 7.91. The van der Waals surface area contributed by atoms with E-state index in [-0.39, 0.29) is 24.7 Å². The lowest BCUT2D eigenvalue weighted by Gasteiger charge is -2.08. The maximum Gasteiger partial charge on any atom is 0.158 e. The summed E-state index contributed by atoms with van der Waals surface area (Å²) in [6, 6.07) is 1.55. The number of sulfone groups is 1. The fourth-order valence-electron chi connectivity index (χ4n) is 1.29. The van der Waals surface area contributed by atoms with E-state index in [2.05, 4.69) is 15.3 Å². The van der Waals surface area contributed by atoms with Crippen LogP contribution in [0.3, 0.4) is 0 Å². The molecule has 0 bridgehead atoms. The summed E-state index contributed by atoms with van der Waals surface area (Å²) in [5.74, 6) is 1.16. The average Bonchev–Trinajstić information content (AvgIpc) is 2.35. The first-order valence-electron chi connectivity index (χ1n) is 6.02. The number of ether oxygens (including phenoxy) is 1. The molecule has 19 heavy (non-hydrogen) atoms. The second-order valence-corrected chi connectivity index (χ2v) is 6.65. The SMILES string of the molecule is CCOCc1nc(Cl)cc(NCCS(=O)(=O)CC)n1. The van der Waals surface area contributed by atoms with Gasteiger partial charge in [-0.05, 0) is 6.92 Å². The molecule has 0 fully saturated rings. The zero-order valence-electron chi connectivity index (χ0n) is 11.0. The monoisotopic (exact) mass is 307 g/mol. The van der Waals surface area contributed by atoms with Crippen molar-refractivity contribution in [2.45, 2.75) is 20.5 Å². The third-order valence-electron chi connectivity index (χ3n) is 2.34. The van der Waals surface area contributed by atoms with Gasteiger partial charge in [-0.15, -0.1) is 0 Å². The average molecular weight is 308 g/mol. The van der Waals surface area contributed by atoms with E-state index in [1.54, 1.807) is 13.0 Å². The van der Waals surface area contributed by atoms with Gasteiger partial charge in [-0.3, -0.25) is 0 Å². The first-order valence-corrected chi connectivity index (χ1v) is 8.22. The minimum atomic E-state index is -2.99. The van der Waals surface area contributed by atoms with E-state index in [0.29, 0.717) is 23.4 Å². The van der Waals surface area contributed by atoms with Crippen molar-refractivity contribution in [1.29, 1.82) is 0 Å². The van der Waals surface area contributed by atoms with E-state index in [9.17, 15) is 8.42 Å². The van der Waals surface area contributed by atoms with Gasteiger partial charge >= 0.3 is 0 Å². The Balaban J connectivity index is 2.60. The Morgan fingerprint density at radius 3 is 2.74 bits per heavy atom. The summed E-state index contributed by atoms with van der Waals surface area (Å²) in [7, 11) is -2.99. The topological polar surface area (TPSA) is 81.2 Å². The van der Waals surface area contributed by atoms with Crippen molar-refractivity contribution < 1.29 is 13.2 Å². The minimum absolute atomic E-state index is 0.0614. The number of anilines is 1. The molecule has 1 N–H and O–H groups in total. The van der Waals surface area contributed by atoms with Crippen LogP contribution in [0.5, 0.6) is 0 Å². The van der Waals surface area contributed by atoms with Crippen molar-refractivity contribution in [1.82, 2.24) is 9.97 Å². The van der Waals surface area contributed by atoms with Gasteiger partial charge < -0.3 is 10.1 Å². The third kappa shape index (κ3) is 6.17. The molecule has 0 unspecified atom stereocenters. The predicted molar refractivity (Wildman–Crippen MR) is 75.2 cm³/mol. The highest BCUT2D eigenvalue weighted by atomic mass is 35.5. The summed E-state index contributed by atoms with van der Waals surface area (Å²) in [6.45, 7) is 4.63. The summed E-state index contributed by atoms with van der Waals surface area (Å²) < 4.78 is 27.9. The van der Waals surface area contributed by atoms with Crippen molar-refractivity contribution in [3.63, 3.8) is 0 Å². The number of nitrogens with one attached hydrogen (secondary N) is 1. The molecule has 1 aromatic heterocycles. The lowest BCUT2D eigenvalue weighted by atomic mass is 10.5. The number of rotatable bonds is 8. The van der Waals surface area contributed by atoms with Gasteiger partial charge in [0.1, 0.15) is 17.6 Å². The summed E-state index contributed by atoms with van der Waals surface area (Å²) >= 11 is 5.86. The maximum atomic E-state index is 11.3. The van der Waals surface area contributed by atoms with Crippen LogP contribution in [0.2, 0.25) is 5.15 Å². The molecule has 0 saturated heterocycles. The Labute approximate surface area is 118 Å². The molecule has 0 radical (unpaired) electrons. The van der Waals surface area contributed by atoms with E-state index in [1.807, 2.05) is 6.92 Å². The molecule has 1 aromatic rings. The Bertz CT molecular complexity index is 508. The molecular formula is C11H18ClN3O3S. The molecule has 108 valence electrons. The van der Waals surface area contributed by atoms with Gasteiger partial charge in [-0.1, -0.05) is 18.5 Å². The molecule has 1 heterocycles. The molecule has 0 aliphatic rings. The van der Waals surface area contributed by atoms with Crippen LogP contribution in [-0.2, 0) is 21.2 Å². The zero-order chi connectivity index (χ0) is 14.3. The molecular weight excluding hydrogens is 290 g/mol. The summed E-state index contributed by atoms with van der Waals surface area (Å²) in [5.41, 5.74) is 0. The molecule has 0 amide bonds. The number of nitrogens with zero attached hydrogens (tertiary/aromatic N) is 2. The van der Waals surface area contributed by atoms with Crippen molar-refractivity contribution in [3.05, 3.63) is 17.0 Å². The van der Waals surface area contributed by atoms with Crippen LogP contribution in [0.1, 0.15) is 19.7 Å². The van der Waals surface area contributed by atoms with Crippen LogP contribution in [0, 0.1) is 0 Å². The van der Waals surface area contributed by atoms with E-state index in [4.69, 9.17) is 16.3 Å². The molecule has 0 aliphatic heterocycles. The standard InChI is InChI=1S/C11H18ClN3O3S/c1-3-18-8-11-14-9(12)7-10(15-11)13-5-6-19(16,17)4-2/h7H,3-6,8H2,1-2H3,(H,13,14,15). The summed E-state index contributed by atoms with van der Waals surface area (Å²) in [6.07, 6.45) is 0. The van der Waals surface area contributed by atoms with Crippen LogP contribution in [0.4, 0.5) is 5.82 Å². The Morgan fingerprint density at radius 1 is 1.37 bits per heavy atom. The van der Waals surface area contributed by atoms with Gasteiger partial charge in [0.15, 0.2) is 15.7 Å². The van der Waals surface area contributed by atoms with Crippen LogP contribution in [0.15, 0.2) is 6.07 Å². The van der Waals surface area contributed by atoms with E-state index < -0.39 is 9.84 Å². The molecule has 0 saturated carbocycles. The zero-order valence-corrected chi connectivity index (χ0v) is 12.6. The van der Waals surface area contributed by atoms with Crippen molar-refractivity contribution in [3.8, 4) is 0 Å². The highest BCUT2D eigenvalue weighted by Crippen LogP contribution is 2.12. The fourth-order valence-corrected chi connectivity index (χ4v) is 2.19. The Morgan fingerprint density at radius 2 is 2.11 bits per heavy atom. The van der Waals surface area contributed by atoms with Gasteiger partial charge in [0.2, 0.25) is 0 Å². The molecule has 0 aromatic carbocycles. The summed E-state index contributed by atoms with van der Waals surface area (Å²) in [5, 5.41) is 3.22. The smallest absolute Gasteiger partial charge is 0.158 e. The van der Waals surface area contributed by atoms with E-state index in [0.717, 1.165) is 0 Å². The van der Waals surface area contributed by atoms with Gasteiger partial charge in [0, 0.05) is 25.0 Å². The lowest BCUT2D eigenvalue weighted by Crippen LogP contribution is -2.18. The van der Waals surface area contributed by atoms with Gasteiger partial charge in [0.05, 0.1) is 5.75 Å². The molecule has 0 spiro atoms. The number of halogens is 1. The number of hydrogen-bond donors (Lipinski definition) is 1. The first kappa shape index (κ1) is 16.1. The molecule has 0 aliphatic carbocycles. The van der Waals surface area contributed by atoms with Crippen LogP contribution >= 0.6 is 11.6 Å². The van der Waals surface area contributed by atoms with Gasteiger partial charge in [0.25, 0.3) is 0 Å². The largest absolute Gasteiger partial charge is 0.374 e. The van der Waals surface area contributed by atoms with E-state index >= 15 is 0 Å². The van der Waals surface area contributed by atoms with Crippen molar-refractivity contribution in [2.24, 2.45) is 0 Å². The number of aromatic nitrogens is 2. The Kier molecular flexibility index (Phi) is 6.47. The normalized spacial score (nSPS) is 11.5. The van der Waals surface area contributed by atoms with Crippen LogP contribution < -0.4 is 5.32 Å². The fraction of sp³-hybridized carbons (Fsp3) is 0.636. The van der Waals surface area contributed by atoms with Crippen molar-refractivity contribution >= 4 is 27.3 Å². The quantitative estimate of drug-likeness (QED) is 0.733. The van der Waals surface area contributed by atoms with Crippen LogP contribution in [-0.4, -0.2) is 43.0 Å². The molecule has 8 heteroatoms. The Hall–Kier alpha value is -0.920. The van der Waals surface area contributed by atoms with E-state index in [1.165, 1.54) is 0 Å². The second kappa shape index (κ2) is 7.62. The van der Waals surface area contributed by atoms with Crippen LogP contribution in [0.25, 0.3) is 0 Å². The highest BCUT2D eigenvalue weighted by Gasteiger charge is 2.08. The maximum absolute atomic E-state index is 11.3. The van der Waals surface area contributed by atoms with Gasteiger partial charge in [-0.25, -0.2) is 18.4 Å². The molecule has 1 rings (SSSR count). The first-order chi connectivity index (χ1) is 8.96. The predicted octanol–water partition coefficient (Wildman–Crippen LogP) is 1.51. The van der Waals surface area contributed by atoms with Gasteiger partial charge in [-0.2, -0.15) is 0 Å². The van der Waals surface area contributed by atoms with Crippen molar-refractivity contribution in [2.75, 3.05) is 30.0 Å². The summed E-state index contributed by atoms with van der Waals surface area (Å²) in [4.78, 5) is 8.21. The second-order valence-electron chi connectivity index (χ2n) is 3.79. The third-order valence-corrected chi connectivity index (χ3v) is 4.23. The lowest BCUT2D eigenvalue weighted by molar-refractivity contribution is 0.128.